The molecule has 0 aromatic heterocycles. The summed E-state index contributed by atoms with van der Waals surface area (Å²) >= 11 is 0. The first-order chi connectivity index (χ1) is 62.8. The highest BCUT2D eigenvalue weighted by Gasteiger charge is 2.43. The molecule has 1 saturated heterocycles. The van der Waals surface area contributed by atoms with E-state index < -0.39 is 23.1 Å². The van der Waals surface area contributed by atoms with E-state index in [4.69, 9.17) is 118 Å². The van der Waals surface area contributed by atoms with Gasteiger partial charge in [-0.05, 0) is 136 Å². The van der Waals surface area contributed by atoms with Crippen molar-refractivity contribution in [1.82, 2.24) is 10.2 Å². The topological polar surface area (TPSA) is 314 Å². The standard InChI is InChI=1S/C96H142N2O29/c1-103-31-33-107-39-41-111-47-49-115-55-57-119-63-65-123-71-73-125-69-67-121-61-59-117-53-51-113-45-43-109-37-35-105-28-7-25-96(26-8-29-106-36-38-110-44-46-114-52-54-118-60-62-122-68-70-126-74-72-124-66-64-120-58-56-116-50-48-112-42-40-108-34-32-104-2)90-77-81(79-11-16-85(17-12-79)127-30-6-5-27-97-92(99)21-22-93(100)98-94(101)23-24-95(98)102)14-19-88(90)89-20-15-82(78-91(89)96)80-13-18-87-84(75-80)76-83-9-3-4-10-86(83)87/h3-4,9-20,75,77-78H,5-8,21-74,76H2,1-2H3,(H,97,99). The Labute approximate surface area is 751 Å². The van der Waals surface area contributed by atoms with Crippen molar-refractivity contribution in [2.45, 2.75) is 76.0 Å². The van der Waals surface area contributed by atoms with E-state index in [2.05, 4.69) is 96.3 Å². The van der Waals surface area contributed by atoms with E-state index in [1.54, 1.807) is 14.2 Å². The monoisotopic (exact) mass is 1790 g/mol. The van der Waals surface area contributed by atoms with Gasteiger partial charge >= 0.3 is 0 Å². The summed E-state index contributed by atoms with van der Waals surface area (Å²) in [7, 11) is 3.29. The molecule has 1 aliphatic heterocycles. The van der Waals surface area contributed by atoms with Crippen LogP contribution in [-0.2, 0) is 145 Å². The molecule has 0 atom stereocenters. The molecular weight excluding hydrogens is 1650 g/mol. The number of carbonyl (C=O) groups excluding carboxylic acids is 4. The molecular formula is C96H142N2O29. The van der Waals surface area contributed by atoms with Gasteiger partial charge in [-0.1, -0.05) is 78.9 Å². The number of carbonyl (C=O) groups is 4. The Morgan fingerprint density at radius 2 is 0.598 bits per heavy atom. The van der Waals surface area contributed by atoms with E-state index in [-0.39, 0.29) is 31.6 Å². The van der Waals surface area contributed by atoms with Crippen molar-refractivity contribution in [3.63, 3.8) is 0 Å². The molecule has 0 bridgehead atoms. The van der Waals surface area contributed by atoms with E-state index in [9.17, 15) is 19.2 Å². The molecule has 127 heavy (non-hydrogen) atoms. The van der Waals surface area contributed by atoms with Crippen LogP contribution in [0, 0.1) is 0 Å². The zero-order chi connectivity index (χ0) is 89.0. The molecule has 0 unspecified atom stereocenters. The van der Waals surface area contributed by atoms with Gasteiger partial charge in [0.25, 0.3) is 0 Å². The fourth-order valence-electron chi connectivity index (χ4n) is 14.3. The van der Waals surface area contributed by atoms with Gasteiger partial charge in [-0.3, -0.25) is 19.2 Å². The summed E-state index contributed by atoms with van der Waals surface area (Å²) in [5.41, 5.74) is 14.4. The lowest BCUT2D eigenvalue weighted by atomic mass is 9.70. The Morgan fingerprint density at radius 1 is 0.299 bits per heavy atom. The van der Waals surface area contributed by atoms with Crippen LogP contribution < -0.4 is 10.1 Å². The van der Waals surface area contributed by atoms with Crippen molar-refractivity contribution < 1.29 is 138 Å². The minimum Gasteiger partial charge on any atom is -0.494 e. The first-order valence-corrected chi connectivity index (χ1v) is 45.4. The number of likely N-dealkylation sites (tertiary alicyclic amines) is 1. The molecule has 3 aliphatic rings. The lowest BCUT2D eigenvalue weighted by molar-refractivity contribution is -0.150. The SMILES string of the molecule is COCCOCCOCCOCCOCCOCCOCCOCCOCCOCCOCCOCCCC1(CCCOCCOCCOCCOCCOCCOCCOCCOCCOCCOCCOCCOC)c2cc(-c3ccc(OCCCCNC(=O)CCC(=O)N4C(=O)CCC4=O)cc3)ccc2-c2ccc(-c3ccc4c(c3)Cc3ccccc3-4)cc21. The quantitative estimate of drug-likeness (QED) is 0.0274. The van der Waals surface area contributed by atoms with Gasteiger partial charge < -0.3 is 124 Å². The maximum Gasteiger partial charge on any atom is 0.236 e. The second kappa shape index (κ2) is 69.2. The van der Waals surface area contributed by atoms with Crippen LogP contribution in [-0.4, -0.2) is 360 Å². The van der Waals surface area contributed by atoms with Gasteiger partial charge in [0, 0.05) is 65.1 Å². The van der Waals surface area contributed by atoms with Gasteiger partial charge in [-0.25, -0.2) is 4.90 Å². The maximum absolute atomic E-state index is 12.5. The number of rotatable bonds is 85. The number of ether oxygens (including phenoxy) is 25. The van der Waals surface area contributed by atoms with Gasteiger partial charge in [0.15, 0.2) is 0 Å². The van der Waals surface area contributed by atoms with Crippen LogP contribution >= 0.6 is 0 Å². The molecule has 31 nitrogen and oxygen atoms in total. The largest absolute Gasteiger partial charge is 0.494 e. The molecule has 31 heteroatoms. The molecule has 5 aromatic rings. The van der Waals surface area contributed by atoms with Crippen LogP contribution in [0.15, 0.2) is 103 Å². The Hall–Kier alpha value is -6.78. The van der Waals surface area contributed by atoms with Crippen LogP contribution in [0.25, 0.3) is 44.5 Å². The van der Waals surface area contributed by atoms with Gasteiger partial charge in [-0.2, -0.15) is 0 Å². The molecule has 5 aromatic carbocycles. The number of fused-ring (bicyclic) bond motifs is 6. The third kappa shape index (κ3) is 43.4. The number of hydrogen-bond donors (Lipinski definition) is 1. The van der Waals surface area contributed by atoms with E-state index in [0.29, 0.717) is 335 Å². The molecule has 8 rings (SSSR count). The van der Waals surface area contributed by atoms with Crippen LogP contribution in [0.1, 0.15) is 86.5 Å². The number of amides is 4. The minimum absolute atomic E-state index is 0.0239. The lowest BCUT2D eigenvalue weighted by Crippen LogP contribution is -2.36. The predicted molar refractivity (Wildman–Crippen MR) is 475 cm³/mol. The number of hydrogen-bond acceptors (Lipinski definition) is 29. The van der Waals surface area contributed by atoms with Crippen LogP contribution in [0.4, 0.5) is 0 Å². The summed E-state index contributed by atoms with van der Waals surface area (Å²) < 4.78 is 141. The fraction of sp³-hybridized carbons (Fsp3) is 0.646. The van der Waals surface area contributed by atoms with Crippen molar-refractivity contribution in [2.24, 2.45) is 0 Å². The average molecular weight is 1790 g/mol. The Balaban J connectivity index is 0.732. The van der Waals surface area contributed by atoms with Crippen LogP contribution in [0.3, 0.4) is 0 Å². The molecule has 1 N–H and O–H groups in total. The van der Waals surface area contributed by atoms with E-state index in [1.165, 1.54) is 55.6 Å². The first kappa shape index (κ1) is 106. The Kier molecular flexibility index (Phi) is 57.5. The molecule has 0 spiro atoms. The molecule has 0 saturated carbocycles. The van der Waals surface area contributed by atoms with Gasteiger partial charge in [-0.15, -0.1) is 0 Å². The predicted octanol–water partition coefficient (Wildman–Crippen LogP) is 9.81. The summed E-state index contributed by atoms with van der Waals surface area (Å²) in [6.07, 6.45) is 5.23. The highest BCUT2D eigenvalue weighted by atomic mass is 16.6. The summed E-state index contributed by atoms with van der Waals surface area (Å²) in [6, 6.07) is 37.8. The minimum atomic E-state index is -0.634. The van der Waals surface area contributed by atoms with Gasteiger partial charge in [0.2, 0.25) is 23.6 Å². The van der Waals surface area contributed by atoms with E-state index >= 15 is 0 Å². The maximum atomic E-state index is 12.5. The summed E-state index contributed by atoms with van der Waals surface area (Å²) in [6.45, 7) is 23.1. The highest BCUT2D eigenvalue weighted by molar-refractivity contribution is 6.15. The Morgan fingerprint density at radius 3 is 0.953 bits per heavy atom. The van der Waals surface area contributed by atoms with Gasteiger partial charge in [0.05, 0.1) is 297 Å². The van der Waals surface area contributed by atoms with Crippen molar-refractivity contribution in [3.8, 4) is 50.3 Å². The molecule has 1 fully saturated rings. The average Bonchev–Trinajstić information content (AvgIpc) is 1.56. The van der Waals surface area contributed by atoms with E-state index in [1.807, 2.05) is 12.1 Å². The smallest absolute Gasteiger partial charge is 0.236 e. The second-order valence-electron chi connectivity index (χ2n) is 29.9. The third-order valence-corrected chi connectivity index (χ3v) is 20.8. The van der Waals surface area contributed by atoms with E-state index in [0.717, 1.165) is 49.0 Å². The van der Waals surface area contributed by atoms with Crippen LogP contribution in [0.2, 0.25) is 0 Å². The first-order valence-electron chi connectivity index (χ1n) is 45.4. The summed E-state index contributed by atoms with van der Waals surface area (Å²) in [5.74, 6) is -1.23. The second-order valence-corrected chi connectivity index (χ2v) is 29.9. The highest BCUT2D eigenvalue weighted by Crippen LogP contribution is 2.56. The molecule has 4 amide bonds. The van der Waals surface area contributed by atoms with Gasteiger partial charge in [0.1, 0.15) is 5.75 Å². The number of methoxy groups -OCH3 is 2. The zero-order valence-electron chi connectivity index (χ0n) is 75.3. The number of nitrogens with zero attached hydrogens (tertiary/aromatic N) is 1. The lowest BCUT2D eigenvalue weighted by Gasteiger charge is -2.33. The van der Waals surface area contributed by atoms with Crippen LogP contribution in [0.5, 0.6) is 5.75 Å². The zero-order valence-corrected chi connectivity index (χ0v) is 75.3. The van der Waals surface area contributed by atoms with Crippen molar-refractivity contribution in [3.05, 3.63) is 125 Å². The normalized spacial score (nSPS) is 13.2. The molecule has 2 aliphatic carbocycles. The third-order valence-electron chi connectivity index (χ3n) is 20.8. The number of imide groups is 3. The summed E-state index contributed by atoms with van der Waals surface area (Å²) in [4.78, 5) is 49.5. The molecule has 1 heterocycles. The number of benzene rings is 5. The molecule has 710 valence electrons. The fourth-order valence-corrected chi connectivity index (χ4v) is 14.3. The number of nitrogens with one attached hydrogen (secondary N) is 1. The summed E-state index contributed by atoms with van der Waals surface area (Å²) in [5, 5.41) is 2.83. The molecule has 0 radical (unpaired) electrons. The Bertz CT molecular complexity index is 3620. The van der Waals surface area contributed by atoms with Crippen molar-refractivity contribution in [2.75, 3.05) is 331 Å². The van der Waals surface area contributed by atoms with Crippen molar-refractivity contribution >= 4 is 23.6 Å². The number of unbranched alkanes of at least 4 members (excludes halogenated alkanes) is 1. The van der Waals surface area contributed by atoms with Crippen molar-refractivity contribution in [1.29, 1.82) is 0 Å².